The minimum atomic E-state index is -0.537. The van der Waals surface area contributed by atoms with Gasteiger partial charge in [-0.2, -0.15) is 0 Å². The van der Waals surface area contributed by atoms with Crippen LogP contribution in [0.2, 0.25) is 0 Å². The van der Waals surface area contributed by atoms with Crippen molar-refractivity contribution < 1.29 is 13.2 Å². The lowest BCUT2D eigenvalue weighted by atomic mass is 9.76. The highest BCUT2D eigenvalue weighted by molar-refractivity contribution is 5.67. The minimum absolute atomic E-state index is 0.0199. The number of hydrogen-bond acceptors (Lipinski definition) is 0. The van der Waals surface area contributed by atoms with Gasteiger partial charge in [0, 0.05) is 0 Å². The number of hydrogen-bond donors (Lipinski definition) is 0. The second kappa shape index (κ2) is 8.31. The Morgan fingerprint density at radius 3 is 2.25 bits per heavy atom. The fourth-order valence-electron chi connectivity index (χ4n) is 5.14. The average Bonchev–Trinajstić information content (AvgIpc) is 2.69. The van der Waals surface area contributed by atoms with Gasteiger partial charge in [-0.15, -0.1) is 0 Å². The normalized spacial score (nSPS) is 24.8. The molecule has 1 atom stereocenters. The van der Waals surface area contributed by atoms with E-state index < -0.39 is 17.5 Å². The molecule has 2 aliphatic carbocycles. The molecule has 0 radical (unpaired) electrons. The molecule has 0 aromatic heterocycles. The number of rotatable bonds is 4. The molecule has 0 N–H and O–H groups in total. The first-order valence-corrected chi connectivity index (χ1v) is 10.8. The van der Waals surface area contributed by atoms with E-state index in [0.717, 1.165) is 30.2 Å². The smallest absolute Gasteiger partial charge is 0.137 e. The molecule has 0 bridgehead atoms. The van der Waals surface area contributed by atoms with Crippen LogP contribution in [0.1, 0.15) is 63.0 Å². The van der Waals surface area contributed by atoms with Crippen molar-refractivity contribution in [2.75, 3.05) is 0 Å². The van der Waals surface area contributed by atoms with Crippen molar-refractivity contribution in [3.8, 4) is 11.1 Å². The van der Waals surface area contributed by atoms with Crippen molar-refractivity contribution >= 4 is 0 Å². The van der Waals surface area contributed by atoms with E-state index in [2.05, 4.69) is 6.92 Å². The van der Waals surface area contributed by atoms with Gasteiger partial charge in [0.25, 0.3) is 0 Å². The summed E-state index contributed by atoms with van der Waals surface area (Å²) in [7, 11) is 0. The Balaban J connectivity index is 1.46. The summed E-state index contributed by atoms with van der Waals surface area (Å²) in [5, 5.41) is 0. The Labute approximate surface area is 166 Å². The summed E-state index contributed by atoms with van der Waals surface area (Å²) in [6.07, 6.45) is 10.2. The first-order chi connectivity index (χ1) is 13.5. The van der Waals surface area contributed by atoms with Gasteiger partial charge in [-0.1, -0.05) is 51.2 Å². The molecule has 2 aromatic rings. The molecule has 0 nitrogen and oxygen atoms in total. The molecule has 2 aliphatic rings. The lowest BCUT2D eigenvalue weighted by Crippen LogP contribution is -2.19. The molecule has 4 rings (SSSR count). The van der Waals surface area contributed by atoms with Crippen LogP contribution in [0.25, 0.3) is 11.1 Å². The molecule has 1 fully saturated rings. The zero-order valence-electron chi connectivity index (χ0n) is 16.6. The summed E-state index contributed by atoms with van der Waals surface area (Å²) in [6.45, 7) is 2.34. The van der Waals surface area contributed by atoms with E-state index in [1.807, 2.05) is 0 Å². The molecule has 0 heterocycles. The Kier molecular flexibility index (Phi) is 5.80. The summed E-state index contributed by atoms with van der Waals surface area (Å²) in [6, 6.07) is 6.90. The zero-order chi connectivity index (χ0) is 19.7. The molecule has 0 amide bonds. The third kappa shape index (κ3) is 4.14. The van der Waals surface area contributed by atoms with Gasteiger partial charge < -0.3 is 0 Å². The lowest BCUT2D eigenvalue weighted by molar-refractivity contribution is 0.255. The largest absolute Gasteiger partial charge is 0.207 e. The first-order valence-electron chi connectivity index (χ1n) is 10.8. The standard InChI is InChI=1S/C25H29F3/c1-16-2-4-17(5-3-16)6-7-18-8-13-22-20(14-18)15-23(27)24(25(22)28)19-9-11-21(26)12-10-19/h9-12,15-18H,2-8,13-14H2,1H3. The Morgan fingerprint density at radius 2 is 1.54 bits per heavy atom. The van der Waals surface area contributed by atoms with Crippen molar-refractivity contribution in [3.05, 3.63) is 58.9 Å². The topological polar surface area (TPSA) is 0 Å². The predicted octanol–water partition coefficient (Wildman–Crippen LogP) is 7.48. The van der Waals surface area contributed by atoms with Crippen molar-refractivity contribution in [1.29, 1.82) is 0 Å². The van der Waals surface area contributed by atoms with Crippen LogP contribution in [0.3, 0.4) is 0 Å². The van der Waals surface area contributed by atoms with E-state index in [1.165, 1.54) is 68.9 Å². The van der Waals surface area contributed by atoms with E-state index in [0.29, 0.717) is 23.5 Å². The van der Waals surface area contributed by atoms with Gasteiger partial charge in [-0.05, 0) is 78.3 Å². The van der Waals surface area contributed by atoms with Gasteiger partial charge in [0.15, 0.2) is 0 Å². The van der Waals surface area contributed by atoms with Crippen LogP contribution in [0.15, 0.2) is 30.3 Å². The molecular formula is C25H29F3. The van der Waals surface area contributed by atoms with Crippen LogP contribution in [0.4, 0.5) is 13.2 Å². The molecule has 150 valence electrons. The quantitative estimate of drug-likeness (QED) is 0.511. The van der Waals surface area contributed by atoms with Crippen LogP contribution in [0.5, 0.6) is 0 Å². The van der Waals surface area contributed by atoms with Crippen LogP contribution >= 0.6 is 0 Å². The molecule has 1 saturated carbocycles. The van der Waals surface area contributed by atoms with Gasteiger partial charge in [-0.25, -0.2) is 13.2 Å². The van der Waals surface area contributed by atoms with Crippen LogP contribution < -0.4 is 0 Å². The van der Waals surface area contributed by atoms with Crippen LogP contribution in [-0.2, 0) is 12.8 Å². The fourth-order valence-corrected chi connectivity index (χ4v) is 5.14. The Morgan fingerprint density at radius 1 is 0.857 bits per heavy atom. The predicted molar refractivity (Wildman–Crippen MR) is 108 cm³/mol. The van der Waals surface area contributed by atoms with Crippen LogP contribution in [0, 0.1) is 35.2 Å². The van der Waals surface area contributed by atoms with Gasteiger partial charge >= 0.3 is 0 Å². The van der Waals surface area contributed by atoms with E-state index in [-0.39, 0.29) is 5.56 Å². The van der Waals surface area contributed by atoms with Gasteiger partial charge in [-0.3, -0.25) is 0 Å². The first kappa shape index (κ1) is 19.5. The van der Waals surface area contributed by atoms with E-state index in [9.17, 15) is 8.78 Å². The molecule has 0 aliphatic heterocycles. The molecule has 28 heavy (non-hydrogen) atoms. The number of fused-ring (bicyclic) bond motifs is 1. The van der Waals surface area contributed by atoms with E-state index >= 15 is 4.39 Å². The maximum absolute atomic E-state index is 15.1. The summed E-state index contributed by atoms with van der Waals surface area (Å²) in [5.41, 5.74) is 1.86. The Hall–Kier alpha value is -1.77. The lowest BCUT2D eigenvalue weighted by Gasteiger charge is -2.30. The summed E-state index contributed by atoms with van der Waals surface area (Å²) < 4.78 is 43.0. The molecular weight excluding hydrogens is 357 g/mol. The van der Waals surface area contributed by atoms with Crippen molar-refractivity contribution in [3.63, 3.8) is 0 Å². The van der Waals surface area contributed by atoms with Crippen molar-refractivity contribution in [2.45, 2.75) is 64.7 Å². The Bertz CT molecular complexity index is 817. The van der Waals surface area contributed by atoms with Crippen molar-refractivity contribution in [1.82, 2.24) is 0 Å². The highest BCUT2D eigenvalue weighted by atomic mass is 19.1. The highest BCUT2D eigenvalue weighted by Crippen LogP contribution is 2.38. The third-order valence-electron chi connectivity index (χ3n) is 6.97. The van der Waals surface area contributed by atoms with E-state index in [4.69, 9.17) is 0 Å². The van der Waals surface area contributed by atoms with E-state index in [1.54, 1.807) is 0 Å². The second-order valence-electron chi connectivity index (χ2n) is 9.00. The van der Waals surface area contributed by atoms with Gasteiger partial charge in [0.2, 0.25) is 0 Å². The van der Waals surface area contributed by atoms with Gasteiger partial charge in [0.1, 0.15) is 17.5 Å². The highest BCUT2D eigenvalue weighted by Gasteiger charge is 2.27. The minimum Gasteiger partial charge on any atom is -0.207 e. The zero-order valence-corrected chi connectivity index (χ0v) is 16.6. The third-order valence-corrected chi connectivity index (χ3v) is 6.97. The SMILES string of the molecule is CC1CCC(CCC2CCc3c(cc(F)c(-c4ccc(F)cc4)c3F)C2)CC1. The maximum Gasteiger partial charge on any atom is 0.137 e. The molecule has 3 heteroatoms. The summed E-state index contributed by atoms with van der Waals surface area (Å²) in [5.74, 6) is 0.845. The molecule has 0 spiro atoms. The number of benzene rings is 2. The van der Waals surface area contributed by atoms with Gasteiger partial charge in [0.05, 0.1) is 5.56 Å². The maximum atomic E-state index is 15.1. The summed E-state index contributed by atoms with van der Waals surface area (Å²) in [4.78, 5) is 0. The monoisotopic (exact) mass is 386 g/mol. The van der Waals surface area contributed by atoms with Crippen molar-refractivity contribution in [2.24, 2.45) is 17.8 Å². The second-order valence-corrected chi connectivity index (χ2v) is 9.00. The molecule has 1 unspecified atom stereocenters. The number of halogens is 3. The molecule has 0 saturated heterocycles. The fraction of sp³-hybridized carbons (Fsp3) is 0.520. The average molecular weight is 387 g/mol. The molecule has 2 aromatic carbocycles. The summed E-state index contributed by atoms with van der Waals surface area (Å²) >= 11 is 0. The van der Waals surface area contributed by atoms with Crippen LogP contribution in [-0.4, -0.2) is 0 Å².